The van der Waals surface area contributed by atoms with Crippen LogP contribution in [0.1, 0.15) is 23.0 Å². The molecule has 1 amide bonds. The minimum absolute atomic E-state index is 0.149. The molecule has 5 nitrogen and oxygen atoms in total. The van der Waals surface area contributed by atoms with Crippen molar-refractivity contribution in [2.24, 2.45) is 7.05 Å². The fourth-order valence-electron chi connectivity index (χ4n) is 2.84. The van der Waals surface area contributed by atoms with E-state index in [9.17, 15) is 9.18 Å². The average Bonchev–Trinajstić information content (AvgIpc) is 3.07. The SMILES string of the molecule is COc1ccccc1C(NC(=O)Cc1ccc(F)cc1)c1nccn1C. The van der Waals surface area contributed by atoms with Gasteiger partial charge in [0.15, 0.2) is 0 Å². The predicted octanol–water partition coefficient (Wildman–Crippen LogP) is 3.02. The van der Waals surface area contributed by atoms with Crippen LogP contribution in [-0.2, 0) is 18.3 Å². The zero-order valence-corrected chi connectivity index (χ0v) is 14.6. The summed E-state index contributed by atoms with van der Waals surface area (Å²) < 4.78 is 20.3. The van der Waals surface area contributed by atoms with Crippen molar-refractivity contribution in [2.75, 3.05) is 7.11 Å². The fraction of sp³-hybridized carbons (Fsp3) is 0.200. The van der Waals surface area contributed by atoms with Crippen LogP contribution in [0, 0.1) is 5.82 Å². The number of carbonyl (C=O) groups is 1. The lowest BCUT2D eigenvalue weighted by atomic mass is 10.0. The van der Waals surface area contributed by atoms with Crippen LogP contribution < -0.4 is 10.1 Å². The van der Waals surface area contributed by atoms with E-state index in [0.717, 1.165) is 11.1 Å². The molecule has 3 aromatic rings. The monoisotopic (exact) mass is 353 g/mol. The van der Waals surface area contributed by atoms with E-state index in [1.165, 1.54) is 12.1 Å². The summed E-state index contributed by atoms with van der Waals surface area (Å²) in [5.41, 5.74) is 1.55. The first-order valence-corrected chi connectivity index (χ1v) is 8.22. The number of nitrogens with one attached hydrogen (secondary N) is 1. The Balaban J connectivity index is 1.88. The average molecular weight is 353 g/mol. The number of benzene rings is 2. The first kappa shape index (κ1) is 17.7. The summed E-state index contributed by atoms with van der Waals surface area (Å²) in [6, 6.07) is 12.9. The molecular weight excluding hydrogens is 333 g/mol. The van der Waals surface area contributed by atoms with Gasteiger partial charge in [-0.3, -0.25) is 4.79 Å². The summed E-state index contributed by atoms with van der Waals surface area (Å²) in [5.74, 6) is 0.856. The number of rotatable bonds is 6. The maximum atomic E-state index is 13.0. The molecule has 6 heteroatoms. The molecule has 26 heavy (non-hydrogen) atoms. The number of nitrogens with zero attached hydrogens (tertiary/aromatic N) is 2. The number of methoxy groups -OCH3 is 1. The van der Waals surface area contributed by atoms with Crippen molar-refractivity contribution in [1.82, 2.24) is 14.9 Å². The third-order valence-corrected chi connectivity index (χ3v) is 4.15. The Bertz CT molecular complexity index is 890. The molecule has 0 aliphatic heterocycles. The quantitative estimate of drug-likeness (QED) is 0.741. The van der Waals surface area contributed by atoms with E-state index in [-0.39, 0.29) is 18.1 Å². The maximum absolute atomic E-state index is 13.0. The van der Waals surface area contributed by atoms with Crippen LogP contribution in [0.25, 0.3) is 0 Å². The summed E-state index contributed by atoms with van der Waals surface area (Å²) in [7, 11) is 3.46. The van der Waals surface area contributed by atoms with Gasteiger partial charge >= 0.3 is 0 Å². The zero-order valence-electron chi connectivity index (χ0n) is 14.6. The van der Waals surface area contributed by atoms with Gasteiger partial charge in [0.1, 0.15) is 23.4 Å². The Kier molecular flexibility index (Phi) is 5.31. The van der Waals surface area contributed by atoms with Crippen molar-refractivity contribution in [2.45, 2.75) is 12.5 Å². The molecule has 0 radical (unpaired) electrons. The molecule has 0 spiro atoms. The number of hydrogen-bond acceptors (Lipinski definition) is 3. The first-order chi connectivity index (χ1) is 12.6. The molecule has 1 N–H and O–H groups in total. The number of aryl methyl sites for hydroxylation is 1. The van der Waals surface area contributed by atoms with Crippen LogP contribution in [-0.4, -0.2) is 22.6 Å². The molecule has 1 atom stereocenters. The van der Waals surface area contributed by atoms with Crippen molar-refractivity contribution >= 4 is 5.91 Å². The van der Waals surface area contributed by atoms with Gasteiger partial charge in [0.25, 0.3) is 0 Å². The van der Waals surface area contributed by atoms with Crippen LogP contribution in [0.2, 0.25) is 0 Å². The van der Waals surface area contributed by atoms with Crippen molar-refractivity contribution in [3.8, 4) is 5.75 Å². The lowest BCUT2D eigenvalue weighted by molar-refractivity contribution is -0.121. The Hall–Kier alpha value is -3.15. The number of ether oxygens (including phenoxy) is 1. The number of hydrogen-bond donors (Lipinski definition) is 1. The topological polar surface area (TPSA) is 56.1 Å². The third kappa shape index (κ3) is 3.91. The van der Waals surface area contributed by atoms with E-state index in [0.29, 0.717) is 11.6 Å². The van der Waals surface area contributed by atoms with Gasteiger partial charge in [-0.25, -0.2) is 9.37 Å². The van der Waals surface area contributed by atoms with Gasteiger partial charge < -0.3 is 14.6 Å². The predicted molar refractivity (Wildman–Crippen MR) is 96.3 cm³/mol. The maximum Gasteiger partial charge on any atom is 0.225 e. The summed E-state index contributed by atoms with van der Waals surface area (Å²) in [6.07, 6.45) is 3.66. The lowest BCUT2D eigenvalue weighted by Gasteiger charge is -2.21. The van der Waals surface area contributed by atoms with Gasteiger partial charge in [-0.2, -0.15) is 0 Å². The first-order valence-electron chi connectivity index (χ1n) is 8.22. The summed E-state index contributed by atoms with van der Waals surface area (Å²) >= 11 is 0. The highest BCUT2D eigenvalue weighted by Gasteiger charge is 2.23. The highest BCUT2D eigenvalue weighted by molar-refractivity contribution is 5.79. The van der Waals surface area contributed by atoms with Gasteiger partial charge in [0.05, 0.1) is 13.5 Å². The fourth-order valence-corrected chi connectivity index (χ4v) is 2.84. The molecular formula is C20H20FN3O2. The second-order valence-electron chi connectivity index (χ2n) is 5.94. The van der Waals surface area contributed by atoms with Crippen LogP contribution in [0.4, 0.5) is 4.39 Å². The molecule has 1 aromatic heterocycles. The van der Waals surface area contributed by atoms with E-state index in [4.69, 9.17) is 4.74 Å². The number of halogens is 1. The second-order valence-corrected chi connectivity index (χ2v) is 5.94. The summed E-state index contributed by atoms with van der Waals surface area (Å²) in [5, 5.41) is 3.02. The highest BCUT2D eigenvalue weighted by atomic mass is 19.1. The molecule has 3 rings (SSSR count). The molecule has 134 valence electrons. The number of para-hydroxylation sites is 1. The van der Waals surface area contributed by atoms with E-state index in [1.54, 1.807) is 25.4 Å². The molecule has 1 unspecified atom stereocenters. The van der Waals surface area contributed by atoms with Crippen LogP contribution >= 0.6 is 0 Å². The Labute approximate surface area is 151 Å². The minimum Gasteiger partial charge on any atom is -0.496 e. The zero-order chi connectivity index (χ0) is 18.5. The highest BCUT2D eigenvalue weighted by Crippen LogP contribution is 2.29. The molecule has 0 saturated carbocycles. The van der Waals surface area contributed by atoms with Crippen LogP contribution in [0.3, 0.4) is 0 Å². The van der Waals surface area contributed by atoms with Crippen LogP contribution in [0.5, 0.6) is 5.75 Å². The normalized spacial score (nSPS) is 11.8. The number of imidazole rings is 1. The molecule has 0 saturated heterocycles. The number of aromatic nitrogens is 2. The molecule has 0 fully saturated rings. The molecule has 0 aliphatic carbocycles. The largest absolute Gasteiger partial charge is 0.496 e. The second kappa shape index (κ2) is 7.82. The molecule has 1 heterocycles. The van der Waals surface area contributed by atoms with Gasteiger partial charge in [-0.05, 0) is 23.8 Å². The Morgan fingerprint density at radius 1 is 1.23 bits per heavy atom. The summed E-state index contributed by atoms with van der Waals surface area (Å²) in [6.45, 7) is 0. The molecule has 0 bridgehead atoms. The van der Waals surface area contributed by atoms with E-state index in [2.05, 4.69) is 10.3 Å². The number of amides is 1. The van der Waals surface area contributed by atoms with Crippen molar-refractivity contribution < 1.29 is 13.9 Å². The van der Waals surface area contributed by atoms with Crippen molar-refractivity contribution in [1.29, 1.82) is 0 Å². The van der Waals surface area contributed by atoms with Crippen molar-refractivity contribution in [3.05, 3.63) is 83.7 Å². The third-order valence-electron chi connectivity index (χ3n) is 4.15. The van der Waals surface area contributed by atoms with E-state index >= 15 is 0 Å². The standard InChI is InChI=1S/C20H20FN3O2/c1-24-12-11-22-20(24)19(16-5-3-4-6-17(16)26-2)23-18(25)13-14-7-9-15(21)10-8-14/h3-12,19H,13H2,1-2H3,(H,23,25). The number of carbonyl (C=O) groups excluding carboxylic acids is 1. The Morgan fingerprint density at radius 3 is 2.62 bits per heavy atom. The molecule has 0 aliphatic rings. The smallest absolute Gasteiger partial charge is 0.225 e. The van der Waals surface area contributed by atoms with Crippen molar-refractivity contribution in [3.63, 3.8) is 0 Å². The van der Waals surface area contributed by atoms with E-state index < -0.39 is 6.04 Å². The molecule has 2 aromatic carbocycles. The Morgan fingerprint density at radius 2 is 1.96 bits per heavy atom. The van der Waals surface area contributed by atoms with Gasteiger partial charge in [-0.1, -0.05) is 30.3 Å². The summed E-state index contributed by atoms with van der Waals surface area (Å²) in [4.78, 5) is 17.0. The minimum atomic E-state index is -0.459. The van der Waals surface area contributed by atoms with Gasteiger partial charge in [0, 0.05) is 25.0 Å². The lowest BCUT2D eigenvalue weighted by Crippen LogP contribution is -2.32. The van der Waals surface area contributed by atoms with E-state index in [1.807, 2.05) is 42.1 Å². The van der Waals surface area contributed by atoms with Gasteiger partial charge in [0.2, 0.25) is 5.91 Å². The van der Waals surface area contributed by atoms with Crippen LogP contribution in [0.15, 0.2) is 60.9 Å². The van der Waals surface area contributed by atoms with Gasteiger partial charge in [-0.15, -0.1) is 0 Å².